The molecule has 150 valence electrons. The molecule has 0 radical (unpaired) electrons. The molecule has 0 N–H and O–H groups in total. The third-order valence-electron chi connectivity index (χ3n) is 4.94. The molecule has 0 amide bonds. The largest absolute Gasteiger partial charge is 0.486 e. The zero-order valence-electron chi connectivity index (χ0n) is 16.4. The van der Waals surface area contributed by atoms with Gasteiger partial charge in [0, 0.05) is 18.1 Å². The number of hydrogen-bond acceptors (Lipinski definition) is 6. The number of ether oxygens (including phenoxy) is 1. The first-order valence-corrected chi connectivity index (χ1v) is 10.0. The number of furan rings is 1. The number of aromatic nitrogens is 1. The van der Waals surface area contributed by atoms with E-state index in [4.69, 9.17) is 25.2 Å². The first kappa shape index (κ1) is 19.4. The van der Waals surface area contributed by atoms with Crippen molar-refractivity contribution in [1.82, 2.24) is 4.98 Å². The standard InChI is InChI=1S/C22H22ClN3O3/c1-14-9-15(2)12-26(11-14)22-19(10-24)25-21(29-22)20-8-7-18(28-20)13-27-17-5-3-16(23)4-6-17/h3-8,14-15H,9,11-13H2,1-2H3. The van der Waals surface area contributed by atoms with E-state index in [0.717, 1.165) is 13.1 Å². The van der Waals surface area contributed by atoms with E-state index in [0.29, 0.717) is 45.9 Å². The molecule has 7 heteroatoms. The summed E-state index contributed by atoms with van der Waals surface area (Å²) in [6.07, 6.45) is 1.18. The zero-order chi connectivity index (χ0) is 20.4. The van der Waals surface area contributed by atoms with Crippen molar-refractivity contribution in [2.24, 2.45) is 11.8 Å². The smallest absolute Gasteiger partial charge is 0.266 e. The second-order valence-electron chi connectivity index (χ2n) is 7.64. The lowest BCUT2D eigenvalue weighted by Crippen LogP contribution is -2.38. The quantitative estimate of drug-likeness (QED) is 0.550. The molecule has 1 saturated heterocycles. The van der Waals surface area contributed by atoms with Crippen LogP contribution in [0.15, 0.2) is 45.2 Å². The topological polar surface area (TPSA) is 75.4 Å². The fourth-order valence-corrected chi connectivity index (χ4v) is 3.92. The lowest BCUT2D eigenvalue weighted by atomic mass is 9.92. The van der Waals surface area contributed by atoms with Crippen molar-refractivity contribution in [1.29, 1.82) is 5.26 Å². The number of anilines is 1. The van der Waals surface area contributed by atoms with Crippen LogP contribution >= 0.6 is 11.6 Å². The van der Waals surface area contributed by atoms with Gasteiger partial charge in [0.2, 0.25) is 11.6 Å². The van der Waals surface area contributed by atoms with Gasteiger partial charge in [0.1, 0.15) is 24.2 Å². The number of nitrogens with zero attached hydrogens (tertiary/aromatic N) is 3. The first-order valence-electron chi connectivity index (χ1n) is 9.65. The molecular formula is C22H22ClN3O3. The van der Waals surface area contributed by atoms with Gasteiger partial charge in [-0.1, -0.05) is 25.4 Å². The summed E-state index contributed by atoms with van der Waals surface area (Å²) in [7, 11) is 0. The van der Waals surface area contributed by atoms with Crippen molar-refractivity contribution in [2.75, 3.05) is 18.0 Å². The minimum Gasteiger partial charge on any atom is -0.486 e. The Bertz CT molecular complexity index is 1010. The molecule has 1 aromatic carbocycles. The first-order chi connectivity index (χ1) is 14.0. The maximum absolute atomic E-state index is 9.52. The van der Waals surface area contributed by atoms with Crippen LogP contribution in [0.4, 0.5) is 5.88 Å². The monoisotopic (exact) mass is 411 g/mol. The Kier molecular flexibility index (Phi) is 5.50. The van der Waals surface area contributed by atoms with E-state index in [1.165, 1.54) is 6.42 Å². The van der Waals surface area contributed by atoms with E-state index in [-0.39, 0.29) is 12.3 Å². The Morgan fingerprint density at radius 1 is 1.14 bits per heavy atom. The summed E-state index contributed by atoms with van der Waals surface area (Å²) >= 11 is 5.88. The minimum absolute atomic E-state index is 0.265. The van der Waals surface area contributed by atoms with Crippen LogP contribution in [0.3, 0.4) is 0 Å². The van der Waals surface area contributed by atoms with Crippen LogP contribution in [-0.2, 0) is 6.61 Å². The highest BCUT2D eigenvalue weighted by atomic mass is 35.5. The molecule has 4 rings (SSSR count). The van der Waals surface area contributed by atoms with Gasteiger partial charge >= 0.3 is 0 Å². The second-order valence-corrected chi connectivity index (χ2v) is 8.08. The average Bonchev–Trinajstić information content (AvgIpc) is 3.33. The van der Waals surface area contributed by atoms with Gasteiger partial charge in [0.05, 0.1) is 0 Å². The van der Waals surface area contributed by atoms with Gasteiger partial charge in [0.25, 0.3) is 5.89 Å². The van der Waals surface area contributed by atoms with Crippen LogP contribution < -0.4 is 9.64 Å². The summed E-state index contributed by atoms with van der Waals surface area (Å²) in [4.78, 5) is 6.46. The fourth-order valence-electron chi connectivity index (χ4n) is 3.79. The molecule has 2 aromatic heterocycles. The second kappa shape index (κ2) is 8.22. The maximum Gasteiger partial charge on any atom is 0.266 e. The molecule has 0 aliphatic carbocycles. The third kappa shape index (κ3) is 4.41. The number of halogens is 1. The van der Waals surface area contributed by atoms with Gasteiger partial charge in [0.15, 0.2) is 5.76 Å². The molecule has 6 nitrogen and oxygen atoms in total. The lowest BCUT2D eigenvalue weighted by molar-refractivity contribution is 0.271. The molecule has 1 aliphatic heterocycles. The fraction of sp³-hybridized carbons (Fsp3) is 0.364. The van der Waals surface area contributed by atoms with Gasteiger partial charge in [-0.05, 0) is 54.7 Å². The minimum atomic E-state index is 0.265. The van der Waals surface area contributed by atoms with Gasteiger partial charge in [-0.2, -0.15) is 10.2 Å². The summed E-state index contributed by atoms with van der Waals surface area (Å²) < 4.78 is 17.5. The highest BCUT2D eigenvalue weighted by molar-refractivity contribution is 6.30. The highest BCUT2D eigenvalue weighted by Gasteiger charge is 2.28. The summed E-state index contributed by atoms with van der Waals surface area (Å²) in [5.74, 6) is 3.72. The predicted octanol–water partition coefficient (Wildman–Crippen LogP) is 5.52. The molecule has 29 heavy (non-hydrogen) atoms. The van der Waals surface area contributed by atoms with Gasteiger partial charge < -0.3 is 18.5 Å². The Balaban J connectivity index is 1.50. The lowest BCUT2D eigenvalue weighted by Gasteiger charge is -2.34. The number of rotatable bonds is 5. The number of piperidine rings is 1. The van der Waals surface area contributed by atoms with E-state index in [9.17, 15) is 5.26 Å². The van der Waals surface area contributed by atoms with E-state index < -0.39 is 0 Å². The summed E-state index contributed by atoms with van der Waals surface area (Å²) in [6, 6.07) is 12.9. The number of benzene rings is 1. The molecular weight excluding hydrogens is 390 g/mol. The van der Waals surface area contributed by atoms with Crippen LogP contribution in [-0.4, -0.2) is 18.1 Å². The molecule has 0 bridgehead atoms. The predicted molar refractivity (Wildman–Crippen MR) is 110 cm³/mol. The Hall–Kier alpha value is -2.91. The van der Waals surface area contributed by atoms with E-state index in [2.05, 4.69) is 29.8 Å². The van der Waals surface area contributed by atoms with Crippen LogP contribution in [0.25, 0.3) is 11.7 Å². The number of nitriles is 1. The number of oxazole rings is 1. The van der Waals surface area contributed by atoms with E-state index in [1.54, 1.807) is 30.3 Å². The Morgan fingerprint density at radius 3 is 2.55 bits per heavy atom. The van der Waals surface area contributed by atoms with Crippen LogP contribution in [0.5, 0.6) is 5.75 Å². The van der Waals surface area contributed by atoms with Crippen LogP contribution in [0.2, 0.25) is 5.02 Å². The Labute approximate surface area is 174 Å². The maximum atomic E-state index is 9.52. The van der Waals surface area contributed by atoms with Crippen molar-refractivity contribution in [3.8, 4) is 23.5 Å². The van der Waals surface area contributed by atoms with Gasteiger partial charge in [-0.3, -0.25) is 0 Å². The van der Waals surface area contributed by atoms with E-state index >= 15 is 0 Å². The van der Waals surface area contributed by atoms with E-state index in [1.807, 2.05) is 6.07 Å². The van der Waals surface area contributed by atoms with Crippen molar-refractivity contribution in [3.63, 3.8) is 0 Å². The summed E-state index contributed by atoms with van der Waals surface area (Å²) in [5.41, 5.74) is 0.289. The van der Waals surface area contributed by atoms with Crippen molar-refractivity contribution in [2.45, 2.75) is 26.9 Å². The van der Waals surface area contributed by atoms with Crippen molar-refractivity contribution < 1.29 is 13.6 Å². The van der Waals surface area contributed by atoms with Gasteiger partial charge in [-0.25, -0.2) is 0 Å². The normalized spacial score (nSPS) is 19.2. The van der Waals surface area contributed by atoms with Gasteiger partial charge in [-0.15, -0.1) is 0 Å². The molecule has 1 fully saturated rings. The highest BCUT2D eigenvalue weighted by Crippen LogP contribution is 2.33. The number of hydrogen-bond donors (Lipinski definition) is 0. The average molecular weight is 412 g/mol. The Morgan fingerprint density at radius 2 is 1.86 bits per heavy atom. The third-order valence-corrected chi connectivity index (χ3v) is 5.19. The summed E-state index contributed by atoms with van der Waals surface area (Å²) in [5, 5.41) is 10.2. The van der Waals surface area contributed by atoms with Crippen LogP contribution in [0, 0.1) is 23.2 Å². The zero-order valence-corrected chi connectivity index (χ0v) is 17.1. The molecule has 0 spiro atoms. The summed E-state index contributed by atoms with van der Waals surface area (Å²) in [6.45, 7) is 6.40. The molecule has 3 aromatic rings. The van der Waals surface area contributed by atoms with Crippen LogP contribution in [0.1, 0.15) is 31.7 Å². The SMILES string of the molecule is CC1CC(C)CN(c2oc(-c3ccc(COc4ccc(Cl)cc4)o3)nc2C#N)C1. The molecule has 1 aliphatic rings. The molecule has 0 saturated carbocycles. The van der Waals surface area contributed by atoms with Crippen molar-refractivity contribution in [3.05, 3.63) is 52.9 Å². The molecule has 3 heterocycles. The molecule has 2 unspecified atom stereocenters. The molecule has 2 atom stereocenters. The van der Waals surface area contributed by atoms with Crippen molar-refractivity contribution >= 4 is 17.5 Å².